The van der Waals surface area contributed by atoms with Crippen molar-refractivity contribution in [2.75, 3.05) is 32.5 Å². The normalized spacial score (nSPS) is 16.0. The van der Waals surface area contributed by atoms with E-state index < -0.39 is 0 Å². The maximum Gasteiger partial charge on any atom is 0.328 e. The predicted octanol–water partition coefficient (Wildman–Crippen LogP) is 2.49. The molecule has 0 fully saturated rings. The molecule has 12 heteroatoms. The number of carbonyl (C=O) groups excluding carboxylic acids is 2. The molecule has 2 aromatic heterocycles. The van der Waals surface area contributed by atoms with Crippen molar-refractivity contribution in [2.45, 2.75) is 64.6 Å². The van der Waals surface area contributed by atoms with Gasteiger partial charge in [-0.05, 0) is 24.0 Å². The van der Waals surface area contributed by atoms with Crippen LogP contribution in [-0.4, -0.2) is 69.1 Å². The second-order valence-corrected chi connectivity index (χ2v) is 10.1. The van der Waals surface area contributed by atoms with Crippen LogP contribution in [0.4, 0.5) is 5.82 Å². The van der Waals surface area contributed by atoms with E-state index >= 15 is 0 Å². The van der Waals surface area contributed by atoms with Crippen LogP contribution < -0.4 is 21.5 Å². The van der Waals surface area contributed by atoms with Crippen LogP contribution in [0.15, 0.2) is 41.2 Å². The molecule has 0 saturated carbocycles. The van der Waals surface area contributed by atoms with Gasteiger partial charge in [0, 0.05) is 19.6 Å². The molecule has 0 radical (unpaired) electrons. The van der Waals surface area contributed by atoms with Gasteiger partial charge in [-0.3, -0.25) is 19.1 Å². The molecule has 1 aromatic carbocycles. The van der Waals surface area contributed by atoms with Crippen molar-refractivity contribution in [1.82, 2.24) is 29.7 Å². The van der Waals surface area contributed by atoms with Gasteiger partial charge in [0.2, 0.25) is 5.91 Å². The van der Waals surface area contributed by atoms with Crippen molar-refractivity contribution in [3.05, 3.63) is 58.0 Å². The number of ether oxygens (including phenoxy) is 2. The molecule has 1 amide bonds. The number of benzene rings is 1. The Hall–Kier alpha value is -4.19. The second kappa shape index (κ2) is 13.9. The summed E-state index contributed by atoms with van der Waals surface area (Å²) in [6.45, 7) is 5.95. The number of nitrogen functional groups attached to an aromatic ring is 1. The van der Waals surface area contributed by atoms with Crippen molar-refractivity contribution in [3.63, 3.8) is 0 Å². The van der Waals surface area contributed by atoms with Crippen LogP contribution in [-0.2, 0) is 27.3 Å². The van der Waals surface area contributed by atoms with Gasteiger partial charge in [-0.2, -0.15) is 9.97 Å². The first-order valence-corrected chi connectivity index (χ1v) is 14.1. The van der Waals surface area contributed by atoms with Gasteiger partial charge in [0.1, 0.15) is 5.52 Å². The van der Waals surface area contributed by atoms with E-state index in [1.165, 1.54) is 7.11 Å². The van der Waals surface area contributed by atoms with Crippen LogP contribution in [0.25, 0.3) is 11.2 Å². The first kappa shape index (κ1) is 29.8. The van der Waals surface area contributed by atoms with Crippen LogP contribution in [0.5, 0.6) is 6.01 Å². The molecule has 12 nitrogen and oxygen atoms in total. The molecule has 0 spiro atoms. The van der Waals surface area contributed by atoms with E-state index in [9.17, 15) is 14.4 Å². The number of aromatic amines is 1. The lowest BCUT2D eigenvalue weighted by atomic mass is 10.0. The molecule has 4 N–H and O–H groups in total. The number of hydrogen-bond donors (Lipinski definition) is 3. The Labute approximate surface area is 238 Å². The number of carbonyl (C=O) groups is 2. The molecule has 0 aliphatic carbocycles. The molecule has 220 valence electrons. The molecule has 3 aromatic rings. The molecule has 41 heavy (non-hydrogen) atoms. The fourth-order valence-corrected chi connectivity index (χ4v) is 4.91. The number of aromatic nitrogens is 4. The number of hydrogen-bond acceptors (Lipinski definition) is 9. The summed E-state index contributed by atoms with van der Waals surface area (Å²) in [6, 6.07) is 6.90. The summed E-state index contributed by atoms with van der Waals surface area (Å²) < 4.78 is 11.9. The third kappa shape index (κ3) is 7.31. The van der Waals surface area contributed by atoms with E-state index in [4.69, 9.17) is 15.2 Å². The van der Waals surface area contributed by atoms with Crippen LogP contribution >= 0.6 is 0 Å². The number of amides is 1. The van der Waals surface area contributed by atoms with Crippen LogP contribution in [0.1, 0.15) is 56.7 Å². The number of fused-ring (bicyclic) bond motifs is 1. The second-order valence-electron chi connectivity index (χ2n) is 10.1. The highest BCUT2D eigenvalue weighted by Crippen LogP contribution is 2.24. The fourth-order valence-electron chi connectivity index (χ4n) is 4.91. The lowest BCUT2D eigenvalue weighted by Crippen LogP contribution is -2.50. The topological polar surface area (TPSA) is 157 Å². The zero-order valence-corrected chi connectivity index (χ0v) is 23.9. The molecule has 4 rings (SSSR count). The molecule has 2 unspecified atom stereocenters. The van der Waals surface area contributed by atoms with Gasteiger partial charge >= 0.3 is 17.7 Å². The zero-order valence-electron chi connectivity index (χ0n) is 23.9. The lowest BCUT2D eigenvalue weighted by Gasteiger charge is -2.35. The quantitative estimate of drug-likeness (QED) is 0.161. The fraction of sp³-hybridized carbons (Fsp3) is 0.483. The Morgan fingerprint density at radius 1 is 1.17 bits per heavy atom. The largest absolute Gasteiger partial charge is 0.469 e. The highest BCUT2D eigenvalue weighted by atomic mass is 16.5. The molecule has 0 saturated heterocycles. The van der Waals surface area contributed by atoms with Gasteiger partial charge in [0.05, 0.1) is 32.2 Å². The third-order valence-electron chi connectivity index (χ3n) is 7.13. The van der Waals surface area contributed by atoms with Gasteiger partial charge in [-0.25, -0.2) is 4.79 Å². The Kier molecular flexibility index (Phi) is 10.1. The highest BCUT2D eigenvalue weighted by molar-refractivity contribution is 5.82. The van der Waals surface area contributed by atoms with Gasteiger partial charge in [0.25, 0.3) is 0 Å². The van der Waals surface area contributed by atoms with E-state index in [1.807, 2.05) is 43.3 Å². The molecular formula is C29H39N7O5. The van der Waals surface area contributed by atoms with Crippen molar-refractivity contribution < 1.29 is 19.1 Å². The minimum atomic E-state index is -0.375. The summed E-state index contributed by atoms with van der Waals surface area (Å²) in [4.78, 5) is 51.5. The third-order valence-corrected chi connectivity index (χ3v) is 7.13. The molecule has 3 heterocycles. The summed E-state index contributed by atoms with van der Waals surface area (Å²) in [6.07, 6.45) is 7.43. The standard InChI is InChI=1S/C29H39N7O5/c1-4-6-15-41-28-33-25(30)24-26(34-28)36(29(39)32-24)21-9-7-14-35(18-21)22(8-5-2)27(38)31-17-20-12-10-19(11-13-20)16-23(37)40-3/h7,9-13,21-22H,4-6,8,14-18H2,1-3H3,(H,31,38)(H,32,39)(H2,30,33,34). The summed E-state index contributed by atoms with van der Waals surface area (Å²) in [5, 5.41) is 3.06. The van der Waals surface area contributed by atoms with Crippen molar-refractivity contribution in [3.8, 4) is 6.01 Å². The first-order chi connectivity index (χ1) is 19.8. The number of H-pyrrole nitrogens is 1. The number of unbranched alkanes of at least 4 members (excludes halogenated alkanes) is 1. The van der Waals surface area contributed by atoms with Crippen molar-refractivity contribution >= 4 is 28.9 Å². The molecule has 2 atom stereocenters. The number of rotatable bonds is 13. The number of anilines is 1. The maximum atomic E-state index is 13.4. The van der Waals surface area contributed by atoms with E-state index in [-0.39, 0.29) is 47.9 Å². The zero-order chi connectivity index (χ0) is 29.4. The Morgan fingerprint density at radius 2 is 1.93 bits per heavy atom. The molecular weight excluding hydrogens is 526 g/mol. The average molecular weight is 566 g/mol. The van der Waals surface area contributed by atoms with Crippen LogP contribution in [0.2, 0.25) is 0 Å². The first-order valence-electron chi connectivity index (χ1n) is 14.1. The Balaban J connectivity index is 1.47. The maximum absolute atomic E-state index is 13.4. The SMILES string of the molecule is CCCCOc1nc(N)c2[nH]c(=O)n(C3C=CCN(C(CCC)C(=O)NCc4ccc(CC(=O)OC)cc4)C3)c2n1. The number of nitrogens with zero attached hydrogens (tertiary/aromatic N) is 4. The van der Waals surface area contributed by atoms with E-state index in [2.05, 4.69) is 32.1 Å². The monoisotopic (exact) mass is 565 g/mol. The van der Waals surface area contributed by atoms with E-state index in [0.29, 0.717) is 43.8 Å². The predicted molar refractivity (Wildman–Crippen MR) is 155 cm³/mol. The minimum absolute atomic E-state index is 0.0796. The van der Waals surface area contributed by atoms with Gasteiger partial charge in [-0.1, -0.05) is 63.1 Å². The van der Waals surface area contributed by atoms with Crippen molar-refractivity contribution in [1.29, 1.82) is 0 Å². The number of methoxy groups -OCH3 is 1. The summed E-state index contributed by atoms with van der Waals surface area (Å²) in [7, 11) is 1.36. The number of nitrogens with one attached hydrogen (secondary N) is 2. The summed E-state index contributed by atoms with van der Waals surface area (Å²) >= 11 is 0. The van der Waals surface area contributed by atoms with Crippen LogP contribution in [0, 0.1) is 0 Å². The lowest BCUT2D eigenvalue weighted by molar-refractivity contribution is -0.139. The summed E-state index contributed by atoms with van der Waals surface area (Å²) in [5.74, 6) is -0.228. The van der Waals surface area contributed by atoms with E-state index in [0.717, 1.165) is 30.4 Å². The summed E-state index contributed by atoms with van der Waals surface area (Å²) in [5.41, 5.74) is 8.29. The smallest absolute Gasteiger partial charge is 0.328 e. The van der Waals surface area contributed by atoms with E-state index in [1.54, 1.807) is 4.57 Å². The Bertz CT molecular complexity index is 1430. The van der Waals surface area contributed by atoms with Crippen LogP contribution in [0.3, 0.4) is 0 Å². The van der Waals surface area contributed by atoms with Gasteiger partial charge in [-0.15, -0.1) is 0 Å². The number of esters is 1. The number of nitrogens with two attached hydrogens (primary N) is 1. The molecule has 1 aliphatic heterocycles. The Morgan fingerprint density at radius 3 is 2.63 bits per heavy atom. The highest BCUT2D eigenvalue weighted by Gasteiger charge is 2.30. The van der Waals surface area contributed by atoms with Gasteiger partial charge in [0.15, 0.2) is 11.5 Å². The van der Waals surface area contributed by atoms with Gasteiger partial charge < -0.3 is 25.5 Å². The number of imidazole rings is 1. The van der Waals surface area contributed by atoms with Crippen molar-refractivity contribution in [2.24, 2.45) is 0 Å². The molecule has 1 aliphatic rings. The minimum Gasteiger partial charge on any atom is -0.469 e. The molecule has 0 bridgehead atoms. The average Bonchev–Trinajstić information content (AvgIpc) is 3.31.